The van der Waals surface area contributed by atoms with Gasteiger partial charge in [0, 0.05) is 16.7 Å². The van der Waals surface area contributed by atoms with E-state index in [0.29, 0.717) is 22.6 Å². The van der Waals surface area contributed by atoms with Gasteiger partial charge in [-0.25, -0.2) is 0 Å². The van der Waals surface area contributed by atoms with Gasteiger partial charge in [-0.2, -0.15) is 0 Å². The fraction of sp³-hybridized carbons (Fsp3) is 0.333. The molecule has 0 aliphatic rings. The second-order valence-electron chi connectivity index (χ2n) is 5.31. The van der Waals surface area contributed by atoms with Crippen molar-refractivity contribution in [3.05, 3.63) is 56.9 Å². The minimum absolute atomic E-state index is 0.0893. The Labute approximate surface area is 154 Å². The fourth-order valence-electron chi connectivity index (χ4n) is 2.11. The Hall–Kier alpha value is -2.28. The molecule has 0 bridgehead atoms. The van der Waals surface area contributed by atoms with Crippen LogP contribution in [-0.4, -0.2) is 24.3 Å². The van der Waals surface area contributed by atoms with Crippen LogP contribution in [0.3, 0.4) is 0 Å². The van der Waals surface area contributed by atoms with Gasteiger partial charge in [0.25, 0.3) is 5.56 Å². The van der Waals surface area contributed by atoms with E-state index in [1.807, 2.05) is 13.0 Å². The Bertz CT molecular complexity index is 787. The van der Waals surface area contributed by atoms with Crippen LogP contribution in [0.1, 0.15) is 18.9 Å². The number of esters is 1. The maximum Gasteiger partial charge on any atom is 0.326 e. The summed E-state index contributed by atoms with van der Waals surface area (Å²) >= 11 is 3.26. The molecule has 0 saturated carbocycles. The van der Waals surface area contributed by atoms with Gasteiger partial charge in [-0.05, 0) is 46.1 Å². The van der Waals surface area contributed by atoms with Gasteiger partial charge in [0.05, 0.1) is 13.7 Å². The standard InChI is InChI=1S/C18H20BrNO5/c1-3-8-24-15-6-4-13(9-16(15)23-2)12-25-18(22)11-20-10-14(19)5-7-17(20)21/h4-7,9-10H,3,8,11-12H2,1-2H3. The zero-order valence-electron chi connectivity index (χ0n) is 14.2. The predicted molar refractivity (Wildman–Crippen MR) is 97.0 cm³/mol. The molecule has 134 valence electrons. The average molecular weight is 410 g/mol. The van der Waals surface area contributed by atoms with Crippen molar-refractivity contribution >= 4 is 21.9 Å². The highest BCUT2D eigenvalue weighted by molar-refractivity contribution is 9.10. The lowest BCUT2D eigenvalue weighted by Gasteiger charge is -2.12. The molecule has 6 nitrogen and oxygen atoms in total. The zero-order valence-corrected chi connectivity index (χ0v) is 15.7. The molecule has 2 rings (SSSR count). The summed E-state index contributed by atoms with van der Waals surface area (Å²) < 4.78 is 18.1. The van der Waals surface area contributed by atoms with Gasteiger partial charge in [0.15, 0.2) is 11.5 Å². The maximum atomic E-state index is 12.0. The van der Waals surface area contributed by atoms with E-state index in [4.69, 9.17) is 14.2 Å². The van der Waals surface area contributed by atoms with Crippen LogP contribution in [0.15, 0.2) is 45.8 Å². The number of rotatable bonds is 8. The normalized spacial score (nSPS) is 10.4. The quantitative estimate of drug-likeness (QED) is 0.626. The minimum Gasteiger partial charge on any atom is -0.493 e. The van der Waals surface area contributed by atoms with E-state index >= 15 is 0 Å². The van der Waals surface area contributed by atoms with Crippen molar-refractivity contribution in [2.45, 2.75) is 26.5 Å². The number of carbonyl (C=O) groups is 1. The lowest BCUT2D eigenvalue weighted by Crippen LogP contribution is -2.24. The van der Waals surface area contributed by atoms with E-state index in [2.05, 4.69) is 15.9 Å². The third-order valence-electron chi connectivity index (χ3n) is 3.34. The molecule has 0 atom stereocenters. The molecule has 25 heavy (non-hydrogen) atoms. The third kappa shape index (κ3) is 5.63. The number of nitrogens with zero attached hydrogens (tertiary/aromatic N) is 1. The number of ether oxygens (including phenoxy) is 3. The summed E-state index contributed by atoms with van der Waals surface area (Å²) in [5, 5.41) is 0. The molecule has 0 fully saturated rings. The van der Waals surface area contributed by atoms with Gasteiger partial charge in [-0.3, -0.25) is 9.59 Å². The number of benzene rings is 1. The van der Waals surface area contributed by atoms with E-state index in [1.54, 1.807) is 31.5 Å². The van der Waals surface area contributed by atoms with E-state index in [0.717, 1.165) is 12.0 Å². The predicted octanol–water partition coefficient (Wildman–Crippen LogP) is 3.15. The Morgan fingerprint density at radius 1 is 1.20 bits per heavy atom. The topological polar surface area (TPSA) is 66.8 Å². The summed E-state index contributed by atoms with van der Waals surface area (Å²) in [5.41, 5.74) is 0.509. The first kappa shape index (κ1) is 19.1. The number of aromatic nitrogens is 1. The molecule has 1 heterocycles. The van der Waals surface area contributed by atoms with Gasteiger partial charge < -0.3 is 18.8 Å². The highest BCUT2D eigenvalue weighted by Crippen LogP contribution is 2.28. The summed E-state index contributed by atoms with van der Waals surface area (Å²) in [4.78, 5) is 23.7. The summed E-state index contributed by atoms with van der Waals surface area (Å²) in [5.74, 6) is 0.746. The Morgan fingerprint density at radius 2 is 2.00 bits per heavy atom. The van der Waals surface area contributed by atoms with Crippen LogP contribution in [0.5, 0.6) is 11.5 Å². The first-order valence-electron chi connectivity index (χ1n) is 7.84. The summed E-state index contributed by atoms with van der Waals surface area (Å²) in [6.07, 6.45) is 2.45. The van der Waals surface area contributed by atoms with Crippen LogP contribution in [0.25, 0.3) is 0 Å². The molecular formula is C18H20BrNO5. The number of hydrogen-bond donors (Lipinski definition) is 0. The van der Waals surface area contributed by atoms with Crippen molar-refractivity contribution in [3.63, 3.8) is 0 Å². The molecule has 0 spiro atoms. The molecule has 0 unspecified atom stereocenters. The molecule has 0 radical (unpaired) electrons. The van der Waals surface area contributed by atoms with Crippen LogP contribution in [0.4, 0.5) is 0 Å². The first-order valence-corrected chi connectivity index (χ1v) is 8.64. The van der Waals surface area contributed by atoms with Gasteiger partial charge in [0.1, 0.15) is 13.2 Å². The fourth-order valence-corrected chi connectivity index (χ4v) is 2.49. The molecular weight excluding hydrogens is 390 g/mol. The van der Waals surface area contributed by atoms with Crippen LogP contribution in [0, 0.1) is 0 Å². The van der Waals surface area contributed by atoms with E-state index in [-0.39, 0.29) is 18.7 Å². The molecule has 7 heteroatoms. The van der Waals surface area contributed by atoms with E-state index < -0.39 is 5.97 Å². The third-order valence-corrected chi connectivity index (χ3v) is 3.81. The van der Waals surface area contributed by atoms with Gasteiger partial charge in [0.2, 0.25) is 0 Å². The average Bonchev–Trinajstić information content (AvgIpc) is 2.61. The van der Waals surface area contributed by atoms with Crippen LogP contribution >= 0.6 is 15.9 Å². The molecule has 0 aliphatic heterocycles. The zero-order chi connectivity index (χ0) is 18.2. The second-order valence-corrected chi connectivity index (χ2v) is 6.22. The van der Waals surface area contributed by atoms with Crippen molar-refractivity contribution in [2.75, 3.05) is 13.7 Å². The van der Waals surface area contributed by atoms with Gasteiger partial charge in [-0.1, -0.05) is 13.0 Å². The smallest absolute Gasteiger partial charge is 0.326 e. The Balaban J connectivity index is 1.97. The first-order chi connectivity index (χ1) is 12.0. The molecule has 0 aliphatic carbocycles. The molecule has 0 N–H and O–H groups in total. The highest BCUT2D eigenvalue weighted by Gasteiger charge is 2.09. The van der Waals surface area contributed by atoms with Crippen LogP contribution < -0.4 is 15.0 Å². The van der Waals surface area contributed by atoms with Crippen molar-refractivity contribution < 1.29 is 19.0 Å². The highest BCUT2D eigenvalue weighted by atomic mass is 79.9. The number of pyridine rings is 1. The molecule has 0 amide bonds. The summed E-state index contributed by atoms with van der Waals surface area (Å²) in [6.45, 7) is 2.57. The van der Waals surface area contributed by atoms with E-state index in [1.165, 1.54) is 10.6 Å². The Kier molecular flexibility index (Phi) is 7.06. The molecule has 1 aromatic heterocycles. The van der Waals surface area contributed by atoms with Crippen molar-refractivity contribution in [1.29, 1.82) is 0 Å². The van der Waals surface area contributed by atoms with E-state index in [9.17, 15) is 9.59 Å². The number of carbonyl (C=O) groups excluding carboxylic acids is 1. The maximum absolute atomic E-state index is 12.0. The SMILES string of the molecule is CCCOc1ccc(COC(=O)Cn2cc(Br)ccc2=O)cc1OC. The van der Waals surface area contributed by atoms with Gasteiger partial charge >= 0.3 is 5.97 Å². The van der Waals surface area contributed by atoms with Crippen molar-refractivity contribution in [1.82, 2.24) is 4.57 Å². The second kappa shape index (κ2) is 9.27. The monoisotopic (exact) mass is 409 g/mol. The molecule has 1 aromatic carbocycles. The molecule has 0 saturated heterocycles. The largest absolute Gasteiger partial charge is 0.493 e. The minimum atomic E-state index is -0.495. The lowest BCUT2D eigenvalue weighted by atomic mass is 10.2. The molecule has 2 aromatic rings. The van der Waals surface area contributed by atoms with Gasteiger partial charge in [-0.15, -0.1) is 0 Å². The van der Waals surface area contributed by atoms with Crippen molar-refractivity contribution in [3.8, 4) is 11.5 Å². The number of halogens is 1. The summed E-state index contributed by atoms with van der Waals surface area (Å²) in [6, 6.07) is 8.38. The number of hydrogen-bond acceptors (Lipinski definition) is 5. The number of methoxy groups -OCH3 is 1. The van der Waals surface area contributed by atoms with Crippen molar-refractivity contribution in [2.24, 2.45) is 0 Å². The lowest BCUT2D eigenvalue weighted by molar-refractivity contribution is -0.145. The van der Waals surface area contributed by atoms with Crippen LogP contribution in [0.2, 0.25) is 0 Å². The van der Waals surface area contributed by atoms with Crippen LogP contribution in [-0.2, 0) is 22.7 Å². The summed E-state index contributed by atoms with van der Waals surface area (Å²) in [7, 11) is 1.56. The Morgan fingerprint density at radius 3 is 2.72 bits per heavy atom.